The second-order valence-electron chi connectivity index (χ2n) is 5.79. The highest BCUT2D eigenvalue weighted by Crippen LogP contribution is 2.24. The van der Waals surface area contributed by atoms with Crippen molar-refractivity contribution in [1.82, 2.24) is 0 Å². The SMILES string of the molecule is CC.CCC(=O)O.O=S(=O)(c1ccccc1)c1ccc(OC2=CC=CC=CC2)cc1. The van der Waals surface area contributed by atoms with Gasteiger partial charge < -0.3 is 9.84 Å². The van der Waals surface area contributed by atoms with E-state index in [2.05, 4.69) is 0 Å². The lowest BCUT2D eigenvalue weighted by Crippen LogP contribution is -2.02. The number of ether oxygens (including phenoxy) is 1. The smallest absolute Gasteiger partial charge is 0.303 e. The Morgan fingerprint density at radius 1 is 0.933 bits per heavy atom. The van der Waals surface area contributed by atoms with E-state index in [-0.39, 0.29) is 16.2 Å². The van der Waals surface area contributed by atoms with E-state index in [1.165, 1.54) is 0 Å². The lowest BCUT2D eigenvalue weighted by molar-refractivity contribution is -0.136. The summed E-state index contributed by atoms with van der Waals surface area (Å²) in [5.41, 5.74) is 0. The summed E-state index contributed by atoms with van der Waals surface area (Å²) < 4.78 is 30.8. The minimum Gasteiger partial charge on any atom is -0.481 e. The Hall–Kier alpha value is -3.12. The average Bonchev–Trinajstić information content (AvgIpc) is 3.05. The molecule has 2 aromatic carbocycles. The van der Waals surface area contributed by atoms with Crippen LogP contribution in [0.15, 0.2) is 101 Å². The average molecular weight is 429 g/mol. The van der Waals surface area contributed by atoms with Crippen LogP contribution < -0.4 is 4.74 Å². The Bertz CT molecular complexity index is 970. The molecule has 0 heterocycles. The summed E-state index contributed by atoms with van der Waals surface area (Å²) in [5.74, 6) is 0.686. The number of aliphatic carboxylic acids is 1. The molecular weight excluding hydrogens is 400 g/mol. The van der Waals surface area contributed by atoms with Crippen LogP contribution in [0.1, 0.15) is 33.6 Å². The van der Waals surface area contributed by atoms with Crippen LogP contribution in [0.3, 0.4) is 0 Å². The molecule has 6 heteroatoms. The van der Waals surface area contributed by atoms with Crippen molar-refractivity contribution in [2.45, 2.75) is 43.4 Å². The first-order valence-electron chi connectivity index (χ1n) is 9.75. The molecular formula is C24H28O5S. The van der Waals surface area contributed by atoms with Crippen LogP contribution in [0, 0.1) is 0 Å². The van der Waals surface area contributed by atoms with Crippen molar-refractivity contribution in [2.24, 2.45) is 0 Å². The molecule has 1 aliphatic carbocycles. The van der Waals surface area contributed by atoms with E-state index in [1.54, 1.807) is 61.5 Å². The number of carboxylic acids is 1. The van der Waals surface area contributed by atoms with E-state index in [0.29, 0.717) is 12.2 Å². The number of carbonyl (C=O) groups is 1. The topological polar surface area (TPSA) is 80.7 Å². The summed E-state index contributed by atoms with van der Waals surface area (Å²) in [6, 6.07) is 14.9. The highest BCUT2D eigenvalue weighted by molar-refractivity contribution is 7.91. The van der Waals surface area contributed by atoms with Gasteiger partial charge >= 0.3 is 5.97 Å². The van der Waals surface area contributed by atoms with Gasteiger partial charge in [0.2, 0.25) is 9.84 Å². The molecule has 0 unspecified atom stereocenters. The third-order valence-corrected chi connectivity index (χ3v) is 5.48. The molecule has 0 atom stereocenters. The molecule has 0 spiro atoms. The molecule has 0 saturated carbocycles. The van der Waals surface area contributed by atoms with Crippen molar-refractivity contribution < 1.29 is 23.1 Å². The molecule has 160 valence electrons. The Kier molecular flexibility index (Phi) is 10.9. The molecule has 0 bridgehead atoms. The van der Waals surface area contributed by atoms with E-state index >= 15 is 0 Å². The van der Waals surface area contributed by atoms with E-state index in [9.17, 15) is 13.2 Å². The fraction of sp³-hybridized carbons (Fsp3) is 0.208. The highest BCUT2D eigenvalue weighted by Gasteiger charge is 2.17. The summed E-state index contributed by atoms with van der Waals surface area (Å²) in [5, 5.41) is 7.72. The summed E-state index contributed by atoms with van der Waals surface area (Å²) in [4.78, 5) is 9.91. The number of hydrogen-bond donors (Lipinski definition) is 1. The zero-order valence-corrected chi connectivity index (χ0v) is 18.3. The van der Waals surface area contributed by atoms with Crippen LogP contribution in [-0.2, 0) is 14.6 Å². The van der Waals surface area contributed by atoms with Gasteiger partial charge in [-0.1, -0.05) is 63.3 Å². The van der Waals surface area contributed by atoms with E-state index in [1.807, 2.05) is 44.2 Å². The summed E-state index contributed by atoms with van der Waals surface area (Å²) >= 11 is 0. The molecule has 0 aliphatic heterocycles. The normalized spacial score (nSPS) is 12.3. The number of benzene rings is 2. The number of sulfone groups is 1. The van der Waals surface area contributed by atoms with Crippen LogP contribution in [-0.4, -0.2) is 19.5 Å². The number of rotatable bonds is 5. The Morgan fingerprint density at radius 2 is 1.50 bits per heavy atom. The molecule has 0 amide bonds. The third-order valence-electron chi connectivity index (χ3n) is 3.70. The molecule has 1 aliphatic rings. The van der Waals surface area contributed by atoms with Gasteiger partial charge in [0.05, 0.1) is 9.79 Å². The monoisotopic (exact) mass is 428 g/mol. The Balaban J connectivity index is 0.000000565. The molecule has 30 heavy (non-hydrogen) atoms. The van der Waals surface area contributed by atoms with Gasteiger partial charge in [-0.3, -0.25) is 4.79 Å². The van der Waals surface area contributed by atoms with Crippen molar-refractivity contribution in [3.63, 3.8) is 0 Å². The van der Waals surface area contributed by atoms with Crippen LogP contribution in [0.2, 0.25) is 0 Å². The Labute approximate surface area is 178 Å². The maximum atomic E-state index is 12.5. The molecule has 5 nitrogen and oxygen atoms in total. The maximum absolute atomic E-state index is 12.5. The molecule has 1 N–H and O–H groups in total. The number of allylic oxidation sites excluding steroid dienone is 5. The zero-order chi connectivity index (χ0) is 22.4. The third kappa shape index (κ3) is 8.09. The summed E-state index contributed by atoms with van der Waals surface area (Å²) in [6.45, 7) is 5.60. The largest absolute Gasteiger partial charge is 0.481 e. The highest BCUT2D eigenvalue weighted by atomic mass is 32.2. The predicted octanol–water partition coefficient (Wildman–Crippen LogP) is 5.81. The Morgan fingerprint density at radius 3 is 2.07 bits per heavy atom. The number of hydrogen-bond acceptors (Lipinski definition) is 4. The minimum atomic E-state index is -3.49. The van der Waals surface area contributed by atoms with E-state index in [0.717, 1.165) is 5.76 Å². The van der Waals surface area contributed by atoms with Gasteiger partial charge in [-0.25, -0.2) is 8.42 Å². The number of carboxylic acid groups (broad SMARTS) is 1. The van der Waals surface area contributed by atoms with Crippen molar-refractivity contribution in [3.05, 3.63) is 90.7 Å². The molecule has 0 radical (unpaired) electrons. The van der Waals surface area contributed by atoms with Gasteiger partial charge in [0.15, 0.2) is 0 Å². The van der Waals surface area contributed by atoms with Crippen molar-refractivity contribution in [1.29, 1.82) is 0 Å². The predicted molar refractivity (Wildman–Crippen MR) is 119 cm³/mol. The van der Waals surface area contributed by atoms with Gasteiger partial charge in [0.25, 0.3) is 0 Å². The van der Waals surface area contributed by atoms with Crippen molar-refractivity contribution >= 4 is 15.8 Å². The quantitative estimate of drug-likeness (QED) is 0.650. The van der Waals surface area contributed by atoms with Gasteiger partial charge in [-0.2, -0.15) is 0 Å². The van der Waals surface area contributed by atoms with Crippen LogP contribution >= 0.6 is 0 Å². The molecule has 0 fully saturated rings. The molecule has 0 saturated heterocycles. The molecule has 2 aromatic rings. The fourth-order valence-electron chi connectivity index (χ4n) is 2.21. The first kappa shape index (κ1) is 24.9. The lowest BCUT2D eigenvalue weighted by atomic mass is 10.3. The standard InChI is InChI=1S/C19H16O3S.C3H6O2.C2H6/c20-23(21,18-10-6-3-7-11-18)19-14-12-17(13-15-19)22-16-8-4-1-2-5-9-16;1-2-3(4)5;1-2/h1-8,10-15H,9H2;2H2,1H3,(H,4,5);1-2H3. The summed E-state index contributed by atoms with van der Waals surface area (Å²) in [6.07, 6.45) is 10.6. The zero-order valence-electron chi connectivity index (χ0n) is 17.5. The first-order chi connectivity index (χ1) is 14.4. The van der Waals surface area contributed by atoms with Crippen LogP contribution in [0.25, 0.3) is 0 Å². The van der Waals surface area contributed by atoms with Crippen LogP contribution in [0.5, 0.6) is 5.75 Å². The first-order valence-corrected chi connectivity index (χ1v) is 11.2. The second-order valence-corrected chi connectivity index (χ2v) is 7.74. The summed E-state index contributed by atoms with van der Waals surface area (Å²) in [7, 11) is -3.49. The van der Waals surface area contributed by atoms with Gasteiger partial charge in [0.1, 0.15) is 11.5 Å². The van der Waals surface area contributed by atoms with Crippen molar-refractivity contribution in [2.75, 3.05) is 0 Å². The van der Waals surface area contributed by atoms with Crippen molar-refractivity contribution in [3.8, 4) is 5.75 Å². The van der Waals surface area contributed by atoms with Crippen LogP contribution in [0.4, 0.5) is 0 Å². The maximum Gasteiger partial charge on any atom is 0.303 e. The van der Waals surface area contributed by atoms with E-state index in [4.69, 9.17) is 9.84 Å². The molecule has 0 aromatic heterocycles. The van der Waals surface area contributed by atoms with Gasteiger partial charge in [0, 0.05) is 12.8 Å². The second kappa shape index (κ2) is 13.2. The van der Waals surface area contributed by atoms with Gasteiger partial charge in [-0.15, -0.1) is 0 Å². The lowest BCUT2D eigenvalue weighted by Gasteiger charge is -2.09. The fourth-order valence-corrected chi connectivity index (χ4v) is 3.49. The molecule has 3 rings (SSSR count). The minimum absolute atomic E-state index is 0.222. The van der Waals surface area contributed by atoms with Gasteiger partial charge in [-0.05, 0) is 42.5 Å². The van der Waals surface area contributed by atoms with E-state index < -0.39 is 15.8 Å².